The van der Waals surface area contributed by atoms with E-state index in [-0.39, 0.29) is 0 Å². The van der Waals surface area contributed by atoms with E-state index in [0.29, 0.717) is 5.92 Å². The van der Waals surface area contributed by atoms with Crippen LogP contribution in [0.15, 0.2) is 12.1 Å². The molecule has 1 unspecified atom stereocenters. The fourth-order valence-electron chi connectivity index (χ4n) is 2.87. The smallest absolute Gasteiger partial charge is 0.163 e. The number of aryl methyl sites for hydroxylation is 1. The molecule has 0 spiro atoms. The van der Waals surface area contributed by atoms with Gasteiger partial charge in [0.15, 0.2) is 11.5 Å². The summed E-state index contributed by atoms with van der Waals surface area (Å²) in [5.41, 5.74) is 2.60. The molecule has 1 aromatic carbocycles. The van der Waals surface area contributed by atoms with Gasteiger partial charge in [0.1, 0.15) is 0 Å². The highest BCUT2D eigenvalue weighted by Gasteiger charge is 2.18. The Hall–Kier alpha value is -1.22. The molecule has 1 atom stereocenters. The molecule has 19 heavy (non-hydrogen) atoms. The number of ether oxygens (including phenoxy) is 2. The highest BCUT2D eigenvalue weighted by Crippen LogP contribution is 2.35. The summed E-state index contributed by atoms with van der Waals surface area (Å²) in [6.45, 7) is 4.45. The lowest BCUT2D eigenvalue weighted by Crippen LogP contribution is -2.30. The van der Waals surface area contributed by atoms with E-state index in [1.165, 1.54) is 24.0 Å². The van der Waals surface area contributed by atoms with Gasteiger partial charge in [0.2, 0.25) is 0 Å². The summed E-state index contributed by atoms with van der Waals surface area (Å²) in [5.74, 6) is 2.48. The molecule has 106 valence electrons. The number of rotatable bonds is 5. The van der Waals surface area contributed by atoms with Crippen molar-refractivity contribution in [2.45, 2.75) is 32.6 Å². The summed E-state index contributed by atoms with van der Waals surface area (Å²) >= 11 is 0. The number of hydrogen-bond acceptors (Lipinski definition) is 3. The van der Waals surface area contributed by atoms with Crippen LogP contribution in [0.3, 0.4) is 0 Å². The minimum Gasteiger partial charge on any atom is -0.493 e. The number of piperidine rings is 1. The number of methoxy groups -OCH3 is 2. The Labute approximate surface area is 116 Å². The lowest BCUT2D eigenvalue weighted by atomic mass is 9.91. The standard InChI is InChI=1S/C16H25NO2/c1-4-12-8-14(9-13-6-5-7-17-11-13)16(19-3)15(10-12)18-2/h8,10,13,17H,4-7,9,11H2,1-3H3. The molecule has 1 aromatic rings. The van der Waals surface area contributed by atoms with Crippen LogP contribution in [0.4, 0.5) is 0 Å². The molecular formula is C16H25NO2. The molecule has 1 aliphatic heterocycles. The quantitative estimate of drug-likeness (QED) is 0.886. The van der Waals surface area contributed by atoms with Crippen LogP contribution >= 0.6 is 0 Å². The lowest BCUT2D eigenvalue weighted by molar-refractivity contribution is 0.340. The maximum Gasteiger partial charge on any atom is 0.163 e. The fraction of sp³-hybridized carbons (Fsp3) is 0.625. The van der Waals surface area contributed by atoms with Crippen molar-refractivity contribution in [1.29, 1.82) is 0 Å². The van der Waals surface area contributed by atoms with E-state index in [0.717, 1.165) is 37.4 Å². The summed E-state index contributed by atoms with van der Waals surface area (Å²) in [6, 6.07) is 4.36. The maximum absolute atomic E-state index is 5.56. The molecule has 0 radical (unpaired) electrons. The third-order valence-corrected chi connectivity index (χ3v) is 3.93. The Balaban J connectivity index is 2.25. The van der Waals surface area contributed by atoms with Gasteiger partial charge in [-0.2, -0.15) is 0 Å². The SMILES string of the molecule is CCc1cc(CC2CCCNC2)c(OC)c(OC)c1. The molecule has 1 N–H and O–H groups in total. The van der Waals surface area contributed by atoms with E-state index in [4.69, 9.17) is 9.47 Å². The van der Waals surface area contributed by atoms with E-state index in [9.17, 15) is 0 Å². The minimum absolute atomic E-state index is 0.708. The third-order valence-electron chi connectivity index (χ3n) is 3.93. The Bertz CT molecular complexity index is 411. The van der Waals surface area contributed by atoms with Crippen molar-refractivity contribution in [3.05, 3.63) is 23.3 Å². The summed E-state index contributed by atoms with van der Waals surface area (Å²) in [5, 5.41) is 3.48. The molecule has 0 amide bonds. The largest absolute Gasteiger partial charge is 0.493 e. The summed E-state index contributed by atoms with van der Waals surface area (Å²) in [4.78, 5) is 0. The molecule has 0 aromatic heterocycles. The Morgan fingerprint density at radius 1 is 1.26 bits per heavy atom. The predicted molar refractivity (Wildman–Crippen MR) is 78.2 cm³/mol. The van der Waals surface area contributed by atoms with Gasteiger partial charge in [-0.1, -0.05) is 13.0 Å². The van der Waals surface area contributed by atoms with Crippen molar-refractivity contribution < 1.29 is 9.47 Å². The topological polar surface area (TPSA) is 30.5 Å². The molecule has 0 saturated carbocycles. The second-order valence-corrected chi connectivity index (χ2v) is 5.26. The van der Waals surface area contributed by atoms with Crippen LogP contribution in [-0.2, 0) is 12.8 Å². The van der Waals surface area contributed by atoms with E-state index < -0.39 is 0 Å². The molecule has 3 nitrogen and oxygen atoms in total. The summed E-state index contributed by atoms with van der Waals surface area (Å²) in [6.07, 6.45) is 4.67. The van der Waals surface area contributed by atoms with Gasteiger partial charge in [0.05, 0.1) is 14.2 Å². The van der Waals surface area contributed by atoms with Gasteiger partial charge < -0.3 is 14.8 Å². The molecular weight excluding hydrogens is 238 g/mol. The van der Waals surface area contributed by atoms with Gasteiger partial charge in [-0.15, -0.1) is 0 Å². The molecule has 1 aliphatic rings. The van der Waals surface area contributed by atoms with E-state index >= 15 is 0 Å². The van der Waals surface area contributed by atoms with E-state index in [1.54, 1.807) is 14.2 Å². The number of benzene rings is 1. The van der Waals surface area contributed by atoms with Gasteiger partial charge in [-0.3, -0.25) is 0 Å². The zero-order valence-electron chi connectivity index (χ0n) is 12.3. The van der Waals surface area contributed by atoms with E-state index in [1.807, 2.05) is 0 Å². The first-order valence-corrected chi connectivity index (χ1v) is 7.23. The minimum atomic E-state index is 0.708. The normalized spacial score (nSPS) is 19.2. The van der Waals surface area contributed by atoms with Crippen molar-refractivity contribution in [2.75, 3.05) is 27.3 Å². The molecule has 3 heteroatoms. The van der Waals surface area contributed by atoms with Crippen LogP contribution in [0.1, 0.15) is 30.9 Å². The first-order chi connectivity index (χ1) is 9.28. The zero-order chi connectivity index (χ0) is 13.7. The van der Waals surface area contributed by atoms with Crippen molar-refractivity contribution in [1.82, 2.24) is 5.32 Å². The van der Waals surface area contributed by atoms with Crippen LogP contribution in [0.25, 0.3) is 0 Å². The predicted octanol–water partition coefficient (Wildman–Crippen LogP) is 2.81. The molecule has 0 aliphatic carbocycles. The summed E-state index contributed by atoms with van der Waals surface area (Å²) < 4.78 is 11.0. The molecule has 0 bridgehead atoms. The van der Waals surface area contributed by atoms with E-state index in [2.05, 4.69) is 24.4 Å². The first-order valence-electron chi connectivity index (χ1n) is 7.23. The highest BCUT2D eigenvalue weighted by atomic mass is 16.5. The summed E-state index contributed by atoms with van der Waals surface area (Å²) in [7, 11) is 3.44. The highest BCUT2D eigenvalue weighted by molar-refractivity contribution is 5.49. The maximum atomic E-state index is 5.56. The van der Waals surface area contributed by atoms with Crippen molar-refractivity contribution in [2.24, 2.45) is 5.92 Å². The Morgan fingerprint density at radius 2 is 2.11 bits per heavy atom. The van der Waals surface area contributed by atoms with Gasteiger partial charge in [-0.05, 0) is 61.9 Å². The van der Waals surface area contributed by atoms with Crippen molar-refractivity contribution in [3.8, 4) is 11.5 Å². The second kappa shape index (κ2) is 6.80. The third kappa shape index (κ3) is 3.41. The second-order valence-electron chi connectivity index (χ2n) is 5.26. The lowest BCUT2D eigenvalue weighted by Gasteiger charge is -2.24. The zero-order valence-corrected chi connectivity index (χ0v) is 12.3. The van der Waals surface area contributed by atoms with Gasteiger partial charge >= 0.3 is 0 Å². The molecule has 1 heterocycles. The Kier molecular flexibility index (Phi) is 5.08. The number of hydrogen-bond donors (Lipinski definition) is 1. The molecule has 2 rings (SSSR count). The number of nitrogens with one attached hydrogen (secondary N) is 1. The fourth-order valence-corrected chi connectivity index (χ4v) is 2.87. The van der Waals surface area contributed by atoms with Gasteiger partial charge in [-0.25, -0.2) is 0 Å². The van der Waals surface area contributed by atoms with Crippen LogP contribution < -0.4 is 14.8 Å². The van der Waals surface area contributed by atoms with Gasteiger partial charge in [0.25, 0.3) is 0 Å². The van der Waals surface area contributed by atoms with Crippen molar-refractivity contribution in [3.63, 3.8) is 0 Å². The van der Waals surface area contributed by atoms with Crippen LogP contribution in [-0.4, -0.2) is 27.3 Å². The Morgan fingerprint density at radius 3 is 2.68 bits per heavy atom. The van der Waals surface area contributed by atoms with Crippen LogP contribution in [0.5, 0.6) is 11.5 Å². The van der Waals surface area contributed by atoms with Gasteiger partial charge in [0, 0.05) is 0 Å². The molecule has 1 saturated heterocycles. The average molecular weight is 263 g/mol. The monoisotopic (exact) mass is 263 g/mol. The first kappa shape index (κ1) is 14.2. The van der Waals surface area contributed by atoms with Crippen molar-refractivity contribution >= 4 is 0 Å². The van der Waals surface area contributed by atoms with Crippen LogP contribution in [0.2, 0.25) is 0 Å². The van der Waals surface area contributed by atoms with Crippen LogP contribution in [0, 0.1) is 5.92 Å². The molecule has 1 fully saturated rings. The average Bonchev–Trinajstić information content (AvgIpc) is 2.47.